The highest BCUT2D eigenvalue weighted by Crippen LogP contribution is 2.28. The third-order valence-corrected chi connectivity index (χ3v) is 5.26. The number of nitrogens with zero attached hydrogens (tertiary/aromatic N) is 3. The van der Waals surface area contributed by atoms with Gasteiger partial charge in [0.05, 0.1) is 12.6 Å². The van der Waals surface area contributed by atoms with Crippen LogP contribution in [-0.4, -0.2) is 33.7 Å². The first kappa shape index (κ1) is 20.0. The van der Waals surface area contributed by atoms with Gasteiger partial charge in [-0.1, -0.05) is 29.8 Å². The van der Waals surface area contributed by atoms with E-state index in [-0.39, 0.29) is 18.0 Å². The molecule has 0 saturated heterocycles. The number of aromatic nitrogens is 3. The minimum Gasteiger partial charge on any atom is -0.496 e. The lowest BCUT2D eigenvalue weighted by molar-refractivity contribution is -0.121. The van der Waals surface area contributed by atoms with Crippen molar-refractivity contribution in [1.82, 2.24) is 19.5 Å². The van der Waals surface area contributed by atoms with Crippen LogP contribution in [0.4, 0.5) is 0 Å². The third-order valence-electron chi connectivity index (χ3n) is 5.01. The van der Waals surface area contributed by atoms with Crippen LogP contribution in [0.3, 0.4) is 0 Å². The Bertz CT molecular complexity index is 1290. The Morgan fingerprint density at radius 2 is 1.93 bits per heavy atom. The lowest BCUT2D eigenvalue weighted by atomic mass is 10.1. The molecule has 1 N–H and O–H groups in total. The van der Waals surface area contributed by atoms with Crippen LogP contribution in [0.25, 0.3) is 16.4 Å². The van der Waals surface area contributed by atoms with Gasteiger partial charge in [-0.25, -0.2) is 4.68 Å². The van der Waals surface area contributed by atoms with Crippen molar-refractivity contribution in [1.29, 1.82) is 0 Å². The molecule has 1 amide bonds. The van der Waals surface area contributed by atoms with Gasteiger partial charge in [-0.3, -0.25) is 14.0 Å². The standard InChI is InChI=1S/C22H21ClN4O3/c1-14-25-26(13-21(28)24-11-10-15-6-8-16(23)9-7-15)22(29)19-12-17-18(27(14)19)4-3-5-20(17)30-2/h3-9,12H,10-11,13H2,1-2H3,(H,24,28). The highest BCUT2D eigenvalue weighted by molar-refractivity contribution is 6.30. The lowest BCUT2D eigenvalue weighted by Gasteiger charge is -2.09. The van der Waals surface area contributed by atoms with Gasteiger partial charge in [-0.05, 0) is 49.2 Å². The Balaban J connectivity index is 1.54. The van der Waals surface area contributed by atoms with E-state index in [0.29, 0.717) is 35.1 Å². The molecule has 2 aromatic heterocycles. The maximum atomic E-state index is 13.0. The smallest absolute Gasteiger partial charge is 0.291 e. The fraction of sp³-hybridized carbons (Fsp3) is 0.227. The summed E-state index contributed by atoms with van der Waals surface area (Å²) in [5, 5.41) is 8.68. The molecule has 0 fully saturated rings. The molecule has 0 atom stereocenters. The van der Waals surface area contributed by atoms with Gasteiger partial charge < -0.3 is 10.1 Å². The summed E-state index contributed by atoms with van der Waals surface area (Å²) in [6, 6.07) is 14.9. The minimum atomic E-state index is -0.327. The van der Waals surface area contributed by atoms with E-state index < -0.39 is 0 Å². The molecule has 0 spiro atoms. The molecule has 154 valence electrons. The summed E-state index contributed by atoms with van der Waals surface area (Å²) in [4.78, 5) is 25.3. The van der Waals surface area contributed by atoms with Gasteiger partial charge in [0.25, 0.3) is 5.56 Å². The molecular weight excluding hydrogens is 404 g/mol. The Hall–Kier alpha value is -3.32. The molecule has 7 nitrogen and oxygen atoms in total. The maximum absolute atomic E-state index is 13.0. The van der Waals surface area contributed by atoms with Crippen molar-refractivity contribution in [2.75, 3.05) is 13.7 Å². The number of nitrogens with one attached hydrogen (secondary N) is 1. The minimum absolute atomic E-state index is 0.143. The summed E-state index contributed by atoms with van der Waals surface area (Å²) in [5.41, 5.74) is 2.04. The van der Waals surface area contributed by atoms with E-state index in [1.807, 2.05) is 42.5 Å². The molecule has 0 aliphatic carbocycles. The van der Waals surface area contributed by atoms with E-state index in [2.05, 4.69) is 10.4 Å². The zero-order chi connectivity index (χ0) is 21.3. The molecule has 4 rings (SSSR count). The number of amides is 1. The molecular formula is C22H21ClN4O3. The molecule has 0 aliphatic rings. The Labute approximate surface area is 177 Å². The van der Waals surface area contributed by atoms with Gasteiger partial charge in [0.15, 0.2) is 0 Å². The van der Waals surface area contributed by atoms with Crippen molar-refractivity contribution in [3.8, 4) is 5.75 Å². The number of hydrogen-bond donors (Lipinski definition) is 1. The number of rotatable bonds is 6. The Kier molecular flexibility index (Phi) is 5.46. The van der Waals surface area contributed by atoms with E-state index in [1.165, 1.54) is 4.68 Å². The van der Waals surface area contributed by atoms with Crippen LogP contribution in [-0.2, 0) is 17.8 Å². The zero-order valence-corrected chi connectivity index (χ0v) is 17.4. The molecule has 2 aromatic carbocycles. The SMILES string of the molecule is COc1cccc2c1cc1c(=O)n(CC(=O)NCCc3ccc(Cl)cc3)nc(C)n12. The number of benzene rings is 2. The largest absolute Gasteiger partial charge is 0.496 e. The number of fused-ring (bicyclic) bond motifs is 3. The summed E-state index contributed by atoms with van der Waals surface area (Å²) in [6.45, 7) is 2.12. The molecule has 0 unspecified atom stereocenters. The van der Waals surface area contributed by atoms with Crippen molar-refractivity contribution >= 4 is 33.9 Å². The predicted molar refractivity (Wildman–Crippen MR) is 116 cm³/mol. The van der Waals surface area contributed by atoms with Gasteiger partial charge in [0.2, 0.25) is 5.91 Å². The second-order valence-electron chi connectivity index (χ2n) is 6.99. The Morgan fingerprint density at radius 1 is 1.17 bits per heavy atom. The van der Waals surface area contributed by atoms with Crippen LogP contribution in [0.15, 0.2) is 53.3 Å². The van der Waals surface area contributed by atoms with Crippen molar-refractivity contribution in [3.05, 3.63) is 75.3 Å². The monoisotopic (exact) mass is 424 g/mol. The normalized spacial score (nSPS) is 11.2. The quantitative estimate of drug-likeness (QED) is 0.516. The van der Waals surface area contributed by atoms with Gasteiger partial charge in [-0.15, -0.1) is 0 Å². The van der Waals surface area contributed by atoms with Crippen molar-refractivity contribution in [2.45, 2.75) is 19.9 Å². The molecule has 0 aliphatic heterocycles. The first-order valence-electron chi connectivity index (χ1n) is 9.55. The number of ether oxygens (including phenoxy) is 1. The second-order valence-corrected chi connectivity index (χ2v) is 7.43. The summed E-state index contributed by atoms with van der Waals surface area (Å²) in [5.74, 6) is 1.03. The summed E-state index contributed by atoms with van der Waals surface area (Å²) in [7, 11) is 1.59. The average Bonchev–Trinajstić information content (AvgIpc) is 3.14. The Morgan fingerprint density at radius 3 is 2.67 bits per heavy atom. The molecule has 0 bridgehead atoms. The molecule has 8 heteroatoms. The zero-order valence-electron chi connectivity index (χ0n) is 16.7. The van der Waals surface area contributed by atoms with Crippen LogP contribution in [0.5, 0.6) is 5.75 Å². The molecule has 0 saturated carbocycles. The summed E-state index contributed by atoms with van der Waals surface area (Å²) < 4.78 is 8.39. The fourth-order valence-corrected chi connectivity index (χ4v) is 3.71. The highest BCUT2D eigenvalue weighted by Gasteiger charge is 2.15. The van der Waals surface area contributed by atoms with Crippen LogP contribution in [0.1, 0.15) is 11.4 Å². The molecule has 30 heavy (non-hydrogen) atoms. The summed E-state index contributed by atoms with van der Waals surface area (Å²) in [6.07, 6.45) is 0.674. The first-order chi connectivity index (χ1) is 14.5. The van der Waals surface area contributed by atoms with Gasteiger partial charge in [-0.2, -0.15) is 5.10 Å². The van der Waals surface area contributed by atoms with Crippen molar-refractivity contribution in [2.24, 2.45) is 0 Å². The van der Waals surface area contributed by atoms with E-state index >= 15 is 0 Å². The number of halogens is 1. The van der Waals surface area contributed by atoms with Crippen LogP contribution >= 0.6 is 11.6 Å². The van der Waals surface area contributed by atoms with Gasteiger partial charge >= 0.3 is 0 Å². The molecule has 4 aromatic rings. The second kappa shape index (κ2) is 8.20. The lowest BCUT2D eigenvalue weighted by Crippen LogP contribution is -2.35. The van der Waals surface area contributed by atoms with Gasteiger partial charge in [0, 0.05) is 17.0 Å². The number of carbonyl (C=O) groups excluding carboxylic acids is 1. The van der Waals surface area contributed by atoms with Crippen LogP contribution in [0, 0.1) is 6.92 Å². The maximum Gasteiger partial charge on any atom is 0.291 e. The van der Waals surface area contributed by atoms with Crippen molar-refractivity contribution < 1.29 is 9.53 Å². The van der Waals surface area contributed by atoms with E-state index in [4.69, 9.17) is 16.3 Å². The van der Waals surface area contributed by atoms with E-state index in [0.717, 1.165) is 16.5 Å². The predicted octanol–water partition coefficient (Wildman–Crippen LogP) is 2.98. The van der Waals surface area contributed by atoms with Crippen LogP contribution in [0.2, 0.25) is 5.02 Å². The van der Waals surface area contributed by atoms with Crippen molar-refractivity contribution in [3.63, 3.8) is 0 Å². The third kappa shape index (κ3) is 3.76. The van der Waals surface area contributed by atoms with Gasteiger partial charge in [0.1, 0.15) is 23.6 Å². The average molecular weight is 425 g/mol. The summed E-state index contributed by atoms with van der Waals surface area (Å²) >= 11 is 5.88. The van der Waals surface area contributed by atoms with E-state index in [9.17, 15) is 9.59 Å². The number of aryl methyl sites for hydroxylation is 1. The number of methoxy groups -OCH3 is 1. The van der Waals surface area contributed by atoms with Crippen LogP contribution < -0.4 is 15.6 Å². The first-order valence-corrected chi connectivity index (χ1v) is 9.93. The number of hydrogen-bond acceptors (Lipinski definition) is 4. The fourth-order valence-electron chi connectivity index (χ4n) is 3.58. The molecule has 0 radical (unpaired) electrons. The molecule has 2 heterocycles. The topological polar surface area (TPSA) is 77.6 Å². The number of carbonyl (C=O) groups is 1. The van der Waals surface area contributed by atoms with E-state index in [1.54, 1.807) is 24.5 Å². The highest BCUT2D eigenvalue weighted by atomic mass is 35.5.